The van der Waals surface area contributed by atoms with E-state index in [0.29, 0.717) is 31.3 Å². The van der Waals surface area contributed by atoms with Gasteiger partial charge in [0, 0.05) is 31.7 Å². The Kier molecular flexibility index (Phi) is 5.17. The molecule has 0 N–H and O–H groups in total. The van der Waals surface area contributed by atoms with Crippen molar-refractivity contribution in [2.75, 3.05) is 26.2 Å². The summed E-state index contributed by atoms with van der Waals surface area (Å²) >= 11 is 0. The Morgan fingerprint density at radius 3 is 2.61 bits per heavy atom. The topological polar surface area (TPSA) is 93.2 Å². The maximum atomic E-state index is 12.7. The van der Waals surface area contributed by atoms with Crippen molar-refractivity contribution in [3.05, 3.63) is 60.0 Å². The monoisotopic (exact) mass is 417 g/mol. The second-order valence-corrected chi connectivity index (χ2v) is 7.77. The predicted molar refractivity (Wildman–Crippen MR) is 114 cm³/mol. The van der Waals surface area contributed by atoms with Crippen molar-refractivity contribution in [2.24, 2.45) is 0 Å². The first kappa shape index (κ1) is 19.4. The number of benzene rings is 2. The molecule has 0 saturated carbocycles. The van der Waals surface area contributed by atoms with Gasteiger partial charge in [-0.3, -0.25) is 9.69 Å². The van der Waals surface area contributed by atoms with E-state index >= 15 is 0 Å². The number of fused-ring (bicyclic) bond motifs is 1. The molecule has 9 heteroatoms. The first-order valence-electron chi connectivity index (χ1n) is 10.3. The van der Waals surface area contributed by atoms with Gasteiger partial charge < -0.3 is 9.42 Å². The van der Waals surface area contributed by atoms with Gasteiger partial charge in [-0.1, -0.05) is 52.3 Å². The zero-order valence-electron chi connectivity index (χ0n) is 17.3. The number of rotatable bonds is 5. The number of aryl methyl sites for hydroxylation is 1. The van der Waals surface area contributed by atoms with Crippen LogP contribution in [-0.4, -0.2) is 67.0 Å². The van der Waals surface area contributed by atoms with Crippen LogP contribution < -0.4 is 0 Å². The van der Waals surface area contributed by atoms with Crippen molar-refractivity contribution in [1.29, 1.82) is 0 Å². The second kappa shape index (κ2) is 8.27. The van der Waals surface area contributed by atoms with E-state index in [1.165, 1.54) is 5.56 Å². The minimum atomic E-state index is 0.0507. The largest absolute Gasteiger partial charge is 0.339 e. The Morgan fingerprint density at radius 2 is 1.81 bits per heavy atom. The van der Waals surface area contributed by atoms with Gasteiger partial charge in [-0.25, -0.2) is 4.68 Å². The lowest BCUT2D eigenvalue weighted by atomic mass is 10.1. The third kappa shape index (κ3) is 4.17. The molecule has 158 valence electrons. The number of carbonyl (C=O) groups excluding carboxylic acids is 1. The molecule has 2 aromatic heterocycles. The summed E-state index contributed by atoms with van der Waals surface area (Å²) < 4.78 is 7.10. The Balaban J connectivity index is 1.15. The highest BCUT2D eigenvalue weighted by Crippen LogP contribution is 2.17. The number of amides is 1. The smallest absolute Gasteiger partial charge is 0.244 e. The summed E-state index contributed by atoms with van der Waals surface area (Å²) in [5.74, 6) is 1.24. The Hall–Kier alpha value is -3.59. The maximum absolute atomic E-state index is 12.7. The van der Waals surface area contributed by atoms with Crippen molar-refractivity contribution < 1.29 is 9.32 Å². The van der Waals surface area contributed by atoms with Crippen LogP contribution in [0, 0.1) is 6.92 Å². The molecule has 0 spiro atoms. The van der Waals surface area contributed by atoms with Gasteiger partial charge in [0.05, 0.1) is 12.1 Å². The Labute approximate surface area is 179 Å². The molecule has 0 atom stereocenters. The Bertz CT molecular complexity index is 1190. The molecule has 0 bridgehead atoms. The van der Waals surface area contributed by atoms with E-state index in [1.54, 1.807) is 4.68 Å². The number of carbonyl (C=O) groups is 1. The summed E-state index contributed by atoms with van der Waals surface area (Å²) in [5, 5.41) is 12.3. The highest BCUT2D eigenvalue weighted by molar-refractivity contribution is 5.79. The van der Waals surface area contributed by atoms with Crippen molar-refractivity contribution >= 4 is 16.9 Å². The summed E-state index contributed by atoms with van der Waals surface area (Å²) in [6.07, 6.45) is 0. The second-order valence-electron chi connectivity index (χ2n) is 7.77. The maximum Gasteiger partial charge on any atom is 0.244 e. The van der Waals surface area contributed by atoms with Gasteiger partial charge in [-0.2, -0.15) is 4.98 Å². The van der Waals surface area contributed by atoms with Crippen LogP contribution in [0.25, 0.3) is 22.4 Å². The minimum absolute atomic E-state index is 0.0507. The lowest BCUT2D eigenvalue weighted by Gasteiger charge is -2.33. The van der Waals surface area contributed by atoms with Crippen molar-refractivity contribution in [2.45, 2.75) is 20.0 Å². The average Bonchev–Trinajstić information content (AvgIpc) is 3.42. The normalized spacial score (nSPS) is 14.9. The fourth-order valence-corrected chi connectivity index (χ4v) is 3.75. The standard InChI is InChI=1S/C22H23N7O2/c1-16-6-8-17(9-7-16)22-23-20(31-25-22)14-27-10-12-28(13-11-27)21(30)15-29-19-5-3-2-4-18(19)24-26-29/h2-9H,10-15H2,1H3. The summed E-state index contributed by atoms with van der Waals surface area (Å²) in [6.45, 7) is 5.65. The van der Waals surface area contributed by atoms with E-state index in [4.69, 9.17) is 4.52 Å². The molecule has 0 radical (unpaired) electrons. The van der Waals surface area contributed by atoms with Crippen LogP contribution >= 0.6 is 0 Å². The van der Waals surface area contributed by atoms with Gasteiger partial charge in [-0.15, -0.1) is 5.10 Å². The molecule has 1 amide bonds. The first-order chi connectivity index (χ1) is 15.2. The van der Waals surface area contributed by atoms with Crippen LogP contribution in [0.5, 0.6) is 0 Å². The molecule has 9 nitrogen and oxygen atoms in total. The molecule has 4 aromatic rings. The third-order valence-corrected chi connectivity index (χ3v) is 5.57. The van der Waals surface area contributed by atoms with Crippen LogP contribution in [0.3, 0.4) is 0 Å². The lowest BCUT2D eigenvalue weighted by Crippen LogP contribution is -2.49. The number of hydrogen-bond donors (Lipinski definition) is 0. The van der Waals surface area contributed by atoms with E-state index < -0.39 is 0 Å². The molecule has 1 saturated heterocycles. The molecule has 31 heavy (non-hydrogen) atoms. The lowest BCUT2D eigenvalue weighted by molar-refractivity contribution is -0.133. The van der Waals surface area contributed by atoms with Gasteiger partial charge >= 0.3 is 0 Å². The number of hydrogen-bond acceptors (Lipinski definition) is 7. The highest BCUT2D eigenvalue weighted by Gasteiger charge is 2.23. The quantitative estimate of drug-likeness (QED) is 0.491. The van der Waals surface area contributed by atoms with Gasteiger partial charge in [0.25, 0.3) is 0 Å². The summed E-state index contributed by atoms with van der Waals surface area (Å²) in [7, 11) is 0. The zero-order chi connectivity index (χ0) is 21.2. The number of nitrogens with zero attached hydrogens (tertiary/aromatic N) is 7. The van der Waals surface area contributed by atoms with Crippen LogP contribution in [0.4, 0.5) is 0 Å². The van der Waals surface area contributed by atoms with Crippen molar-refractivity contribution in [3.8, 4) is 11.4 Å². The fraction of sp³-hybridized carbons (Fsp3) is 0.318. The predicted octanol–water partition coefficient (Wildman–Crippen LogP) is 2.13. The molecule has 1 aliphatic rings. The minimum Gasteiger partial charge on any atom is -0.339 e. The van der Waals surface area contributed by atoms with Crippen LogP contribution in [0.15, 0.2) is 53.1 Å². The van der Waals surface area contributed by atoms with Crippen molar-refractivity contribution in [3.63, 3.8) is 0 Å². The first-order valence-corrected chi connectivity index (χ1v) is 10.3. The molecular weight excluding hydrogens is 394 g/mol. The Morgan fingerprint density at radius 1 is 1.03 bits per heavy atom. The SMILES string of the molecule is Cc1ccc(-c2noc(CN3CCN(C(=O)Cn4nnc5ccccc54)CC3)n2)cc1. The van der Waals surface area contributed by atoms with Crippen molar-refractivity contribution in [1.82, 2.24) is 34.9 Å². The summed E-state index contributed by atoms with van der Waals surface area (Å²) in [5.41, 5.74) is 3.80. The van der Waals surface area contributed by atoms with E-state index in [-0.39, 0.29) is 12.5 Å². The third-order valence-electron chi connectivity index (χ3n) is 5.57. The summed E-state index contributed by atoms with van der Waals surface area (Å²) in [6, 6.07) is 15.7. The van der Waals surface area contributed by atoms with Gasteiger partial charge in [-0.05, 0) is 19.1 Å². The van der Waals surface area contributed by atoms with Crippen LogP contribution in [-0.2, 0) is 17.9 Å². The molecule has 0 aliphatic carbocycles. The molecule has 1 aliphatic heterocycles. The van der Waals surface area contributed by atoms with E-state index in [1.807, 2.05) is 60.4 Å². The number of piperazine rings is 1. The van der Waals surface area contributed by atoms with Crippen LogP contribution in [0.1, 0.15) is 11.5 Å². The highest BCUT2D eigenvalue weighted by atomic mass is 16.5. The van der Waals surface area contributed by atoms with Gasteiger partial charge in [0.1, 0.15) is 12.1 Å². The molecule has 3 heterocycles. The molecule has 0 unspecified atom stereocenters. The van der Waals surface area contributed by atoms with Gasteiger partial charge in [0.2, 0.25) is 17.6 Å². The number of para-hydroxylation sites is 1. The van der Waals surface area contributed by atoms with E-state index in [9.17, 15) is 4.79 Å². The zero-order valence-corrected chi connectivity index (χ0v) is 17.3. The molecule has 1 fully saturated rings. The molecule has 2 aromatic carbocycles. The molecule has 5 rings (SSSR count). The van der Waals surface area contributed by atoms with E-state index in [2.05, 4.69) is 25.4 Å². The number of aromatic nitrogens is 5. The van der Waals surface area contributed by atoms with Gasteiger partial charge in [0.15, 0.2) is 0 Å². The van der Waals surface area contributed by atoms with Crippen LogP contribution in [0.2, 0.25) is 0 Å². The molecular formula is C22H23N7O2. The van der Waals surface area contributed by atoms with E-state index in [0.717, 1.165) is 29.7 Å². The summed E-state index contributed by atoms with van der Waals surface area (Å²) in [4.78, 5) is 21.4. The fourth-order valence-electron chi connectivity index (χ4n) is 3.75. The average molecular weight is 417 g/mol.